The molecule has 2 aromatic rings. The monoisotopic (exact) mass is 221 g/mol. The molecule has 2 aromatic heterocycles. The predicted octanol–water partition coefficient (Wildman–Crippen LogP) is 4.14. The maximum atomic E-state index is 5.18. The number of nitrogens with zero attached hydrogens (tertiary/aromatic N) is 1. The third kappa shape index (κ3) is 1.84. The highest BCUT2D eigenvalue weighted by atomic mass is 32.1. The van der Waals surface area contributed by atoms with E-state index in [0.717, 1.165) is 17.0 Å². The standard InChI is InChI=1S/C12H15NOS/c1-7(2)10-5-6-11(15-10)12-8(3)13-14-9(12)4/h5-7H,1-4H3. The second kappa shape index (κ2) is 3.81. The Balaban J connectivity index is 2.46. The molecule has 0 atom stereocenters. The number of hydrogen-bond donors (Lipinski definition) is 0. The topological polar surface area (TPSA) is 26.0 Å². The van der Waals surface area contributed by atoms with Crippen LogP contribution < -0.4 is 0 Å². The Hall–Kier alpha value is -1.09. The SMILES string of the molecule is Cc1noc(C)c1-c1ccc(C(C)C)s1. The summed E-state index contributed by atoms with van der Waals surface area (Å²) in [6.07, 6.45) is 0. The average Bonchev–Trinajstić information content (AvgIpc) is 2.73. The van der Waals surface area contributed by atoms with Gasteiger partial charge in [-0.05, 0) is 31.9 Å². The minimum atomic E-state index is 0.587. The van der Waals surface area contributed by atoms with Crippen molar-refractivity contribution in [1.29, 1.82) is 0 Å². The van der Waals surface area contributed by atoms with Gasteiger partial charge < -0.3 is 4.52 Å². The van der Waals surface area contributed by atoms with Crippen molar-refractivity contribution in [2.45, 2.75) is 33.6 Å². The van der Waals surface area contributed by atoms with Gasteiger partial charge in [-0.3, -0.25) is 0 Å². The molecular formula is C12H15NOS. The number of rotatable bonds is 2. The molecule has 0 aliphatic heterocycles. The molecule has 0 unspecified atom stereocenters. The Morgan fingerprint density at radius 1 is 1.27 bits per heavy atom. The Bertz CT molecular complexity index is 448. The van der Waals surface area contributed by atoms with Crippen LogP contribution in [0.25, 0.3) is 10.4 Å². The zero-order valence-electron chi connectivity index (χ0n) is 9.50. The molecule has 0 aliphatic rings. The molecule has 2 heterocycles. The van der Waals surface area contributed by atoms with Crippen molar-refractivity contribution in [3.8, 4) is 10.4 Å². The summed E-state index contributed by atoms with van der Waals surface area (Å²) < 4.78 is 5.18. The summed E-state index contributed by atoms with van der Waals surface area (Å²) in [7, 11) is 0. The van der Waals surface area contributed by atoms with Crippen molar-refractivity contribution in [3.63, 3.8) is 0 Å². The van der Waals surface area contributed by atoms with Gasteiger partial charge in [0, 0.05) is 9.75 Å². The highest BCUT2D eigenvalue weighted by molar-refractivity contribution is 7.15. The van der Waals surface area contributed by atoms with Crippen LogP contribution in [0.3, 0.4) is 0 Å². The molecule has 0 fully saturated rings. The summed E-state index contributed by atoms with van der Waals surface area (Å²) in [4.78, 5) is 2.67. The van der Waals surface area contributed by atoms with Crippen LogP contribution in [0.15, 0.2) is 16.7 Å². The zero-order chi connectivity index (χ0) is 11.0. The van der Waals surface area contributed by atoms with E-state index in [2.05, 4.69) is 31.1 Å². The quantitative estimate of drug-likeness (QED) is 0.761. The third-order valence-corrected chi connectivity index (χ3v) is 3.88. The van der Waals surface area contributed by atoms with E-state index in [1.54, 1.807) is 0 Å². The van der Waals surface area contributed by atoms with Crippen LogP contribution in [0.2, 0.25) is 0 Å². The van der Waals surface area contributed by atoms with Gasteiger partial charge in [-0.25, -0.2) is 0 Å². The van der Waals surface area contributed by atoms with Gasteiger partial charge in [0.2, 0.25) is 0 Å². The van der Waals surface area contributed by atoms with E-state index in [1.165, 1.54) is 9.75 Å². The minimum Gasteiger partial charge on any atom is -0.361 e. The lowest BCUT2D eigenvalue weighted by atomic mass is 10.1. The second-order valence-electron chi connectivity index (χ2n) is 4.06. The van der Waals surface area contributed by atoms with Crippen molar-refractivity contribution < 1.29 is 4.52 Å². The molecule has 0 spiro atoms. The third-order valence-electron chi connectivity index (χ3n) is 2.48. The first-order valence-electron chi connectivity index (χ1n) is 5.12. The van der Waals surface area contributed by atoms with Crippen molar-refractivity contribution in [3.05, 3.63) is 28.5 Å². The fourth-order valence-electron chi connectivity index (χ4n) is 1.63. The molecule has 0 saturated carbocycles. The van der Waals surface area contributed by atoms with Crippen molar-refractivity contribution >= 4 is 11.3 Å². The van der Waals surface area contributed by atoms with E-state index in [9.17, 15) is 0 Å². The maximum Gasteiger partial charge on any atom is 0.142 e. The molecule has 2 nitrogen and oxygen atoms in total. The molecule has 15 heavy (non-hydrogen) atoms. The van der Waals surface area contributed by atoms with Crippen LogP contribution in [0.5, 0.6) is 0 Å². The van der Waals surface area contributed by atoms with Crippen LogP contribution in [0, 0.1) is 13.8 Å². The molecule has 0 amide bonds. The molecule has 3 heteroatoms. The number of aromatic nitrogens is 1. The minimum absolute atomic E-state index is 0.587. The van der Waals surface area contributed by atoms with Gasteiger partial charge in [0.25, 0.3) is 0 Å². The highest BCUT2D eigenvalue weighted by Gasteiger charge is 2.14. The lowest BCUT2D eigenvalue weighted by molar-refractivity contribution is 0.393. The summed E-state index contributed by atoms with van der Waals surface area (Å²) in [5, 5.41) is 3.98. The first-order valence-corrected chi connectivity index (χ1v) is 5.94. The first kappa shape index (κ1) is 10.4. The lowest BCUT2D eigenvalue weighted by Crippen LogP contribution is -1.78. The maximum absolute atomic E-state index is 5.18. The fraction of sp³-hybridized carbons (Fsp3) is 0.417. The summed E-state index contributed by atoms with van der Waals surface area (Å²) in [6.45, 7) is 8.37. The Kier molecular flexibility index (Phi) is 2.65. The van der Waals surface area contributed by atoms with Gasteiger partial charge in [-0.15, -0.1) is 11.3 Å². The van der Waals surface area contributed by atoms with E-state index in [1.807, 2.05) is 25.2 Å². The van der Waals surface area contributed by atoms with Crippen LogP contribution in [0.4, 0.5) is 0 Å². The fourth-order valence-corrected chi connectivity index (χ4v) is 2.79. The lowest BCUT2D eigenvalue weighted by Gasteiger charge is -1.98. The molecule has 2 rings (SSSR count). The smallest absolute Gasteiger partial charge is 0.142 e. The Labute approximate surface area is 93.9 Å². The normalized spacial score (nSPS) is 11.3. The molecule has 0 aromatic carbocycles. The van der Waals surface area contributed by atoms with Gasteiger partial charge in [-0.2, -0.15) is 0 Å². The first-order chi connectivity index (χ1) is 7.09. The highest BCUT2D eigenvalue weighted by Crippen LogP contribution is 2.35. The summed E-state index contributed by atoms with van der Waals surface area (Å²) in [5.41, 5.74) is 2.14. The van der Waals surface area contributed by atoms with Crippen LogP contribution in [0.1, 0.15) is 36.1 Å². The van der Waals surface area contributed by atoms with Gasteiger partial charge in [0.1, 0.15) is 5.76 Å². The van der Waals surface area contributed by atoms with E-state index in [-0.39, 0.29) is 0 Å². The Morgan fingerprint density at radius 3 is 2.47 bits per heavy atom. The van der Waals surface area contributed by atoms with Crippen molar-refractivity contribution in [1.82, 2.24) is 5.16 Å². The van der Waals surface area contributed by atoms with E-state index < -0.39 is 0 Å². The van der Waals surface area contributed by atoms with Gasteiger partial charge in [0.05, 0.1) is 11.3 Å². The van der Waals surface area contributed by atoms with Gasteiger partial charge >= 0.3 is 0 Å². The van der Waals surface area contributed by atoms with Crippen molar-refractivity contribution in [2.75, 3.05) is 0 Å². The molecule has 0 saturated heterocycles. The van der Waals surface area contributed by atoms with Gasteiger partial charge in [-0.1, -0.05) is 19.0 Å². The zero-order valence-corrected chi connectivity index (χ0v) is 10.3. The summed E-state index contributed by atoms with van der Waals surface area (Å²) >= 11 is 1.83. The van der Waals surface area contributed by atoms with E-state index >= 15 is 0 Å². The molecule has 80 valence electrons. The number of aryl methyl sites for hydroxylation is 2. The van der Waals surface area contributed by atoms with Crippen LogP contribution >= 0.6 is 11.3 Å². The number of thiophene rings is 1. The molecule has 0 N–H and O–H groups in total. The van der Waals surface area contributed by atoms with E-state index in [4.69, 9.17) is 4.52 Å². The van der Waals surface area contributed by atoms with Gasteiger partial charge in [0.15, 0.2) is 0 Å². The average molecular weight is 221 g/mol. The van der Waals surface area contributed by atoms with Crippen LogP contribution in [-0.4, -0.2) is 5.16 Å². The largest absolute Gasteiger partial charge is 0.361 e. The molecule has 0 bridgehead atoms. The molecule has 0 radical (unpaired) electrons. The molecular weight excluding hydrogens is 206 g/mol. The van der Waals surface area contributed by atoms with Crippen LogP contribution in [-0.2, 0) is 0 Å². The predicted molar refractivity (Wildman–Crippen MR) is 63.4 cm³/mol. The second-order valence-corrected chi connectivity index (χ2v) is 5.17. The summed E-state index contributed by atoms with van der Waals surface area (Å²) in [6, 6.07) is 4.35. The van der Waals surface area contributed by atoms with Crippen molar-refractivity contribution in [2.24, 2.45) is 0 Å². The number of hydrogen-bond acceptors (Lipinski definition) is 3. The van der Waals surface area contributed by atoms with E-state index in [0.29, 0.717) is 5.92 Å². The Morgan fingerprint density at radius 2 is 2.00 bits per heavy atom. The molecule has 0 aliphatic carbocycles. The summed E-state index contributed by atoms with van der Waals surface area (Å²) in [5.74, 6) is 1.49.